The van der Waals surface area contributed by atoms with Crippen molar-refractivity contribution in [1.82, 2.24) is 24.5 Å². The van der Waals surface area contributed by atoms with E-state index >= 15 is 0 Å². The van der Waals surface area contributed by atoms with E-state index in [0.717, 1.165) is 77.5 Å². The molecule has 5 heterocycles. The molecular formula is C61H48IrN6O2-2. The minimum atomic E-state index is 0. The predicted molar refractivity (Wildman–Crippen MR) is 279 cm³/mol. The molecule has 12 rings (SSSR count). The van der Waals surface area contributed by atoms with Crippen LogP contribution in [0.1, 0.15) is 82.8 Å². The molecule has 0 amide bonds. The summed E-state index contributed by atoms with van der Waals surface area (Å²) in [6.45, 7) is 15.5. The van der Waals surface area contributed by atoms with Gasteiger partial charge in [0.15, 0.2) is 11.2 Å². The molecular weight excluding hydrogens is 1040 g/mol. The fraction of sp³-hybridized carbons (Fsp3) is 0.164. The first kappa shape index (κ1) is 46.0. The fourth-order valence-corrected chi connectivity index (χ4v) is 9.42. The third-order valence-electron chi connectivity index (χ3n) is 12.9. The van der Waals surface area contributed by atoms with E-state index in [9.17, 15) is 5.26 Å². The Morgan fingerprint density at radius 2 is 1.30 bits per heavy atom. The molecule has 0 saturated carbocycles. The summed E-state index contributed by atoms with van der Waals surface area (Å²) in [7, 11) is 0. The second-order valence-electron chi connectivity index (χ2n) is 19.2. The summed E-state index contributed by atoms with van der Waals surface area (Å²) in [6.07, 6.45) is 1.81. The van der Waals surface area contributed by atoms with Crippen molar-refractivity contribution in [3.63, 3.8) is 0 Å². The zero-order chi connectivity index (χ0) is 47.6. The second-order valence-corrected chi connectivity index (χ2v) is 19.2. The van der Waals surface area contributed by atoms with Crippen molar-refractivity contribution in [2.24, 2.45) is 0 Å². The van der Waals surface area contributed by atoms with Crippen molar-refractivity contribution in [2.75, 3.05) is 0 Å². The Kier molecular flexibility index (Phi) is 12.0. The largest absolute Gasteiger partial charge is 0.497 e. The van der Waals surface area contributed by atoms with E-state index in [-0.39, 0.29) is 37.4 Å². The molecule has 12 aromatic rings. The molecule has 345 valence electrons. The number of imidazole rings is 1. The van der Waals surface area contributed by atoms with Gasteiger partial charge in [0.1, 0.15) is 11.8 Å². The van der Waals surface area contributed by atoms with Gasteiger partial charge >= 0.3 is 0 Å². The number of hydrogen-bond acceptors (Lipinski definition) is 7. The fourth-order valence-electron chi connectivity index (χ4n) is 9.42. The van der Waals surface area contributed by atoms with Gasteiger partial charge in [0.25, 0.3) is 0 Å². The van der Waals surface area contributed by atoms with Crippen molar-refractivity contribution in [2.45, 2.75) is 65.7 Å². The van der Waals surface area contributed by atoms with Gasteiger partial charge in [0, 0.05) is 64.6 Å². The molecule has 0 unspecified atom stereocenters. The minimum absolute atomic E-state index is 0. The van der Waals surface area contributed by atoms with Gasteiger partial charge in [0.2, 0.25) is 5.71 Å². The molecule has 5 aromatic heterocycles. The smallest absolute Gasteiger partial charge is 0.228 e. The maximum atomic E-state index is 9.47. The number of benzene rings is 7. The van der Waals surface area contributed by atoms with E-state index in [4.69, 9.17) is 13.8 Å². The molecule has 9 heteroatoms. The third-order valence-corrected chi connectivity index (χ3v) is 12.9. The Hall–Kier alpha value is -7.76. The maximum absolute atomic E-state index is 9.47. The molecule has 1 radical (unpaired) electrons. The molecule has 0 aliphatic carbocycles. The summed E-state index contributed by atoms with van der Waals surface area (Å²) in [5.41, 5.74) is 13.4. The first-order chi connectivity index (χ1) is 33.5. The minimum Gasteiger partial charge on any atom is -0.497 e. The Labute approximate surface area is 420 Å². The molecule has 0 N–H and O–H groups in total. The molecule has 0 atom stereocenters. The standard InChI is InChI=1S/C47H33N4O2.C14H15N2.Ir/c1-26(2)38-23-30(28-11-6-5-7-12-28)24-39(27(3)4)41(38)51-42-32-14-9-8-13-29(32)17-22-40(42)50-46(51)37-16-10-15-33-34-20-21-35-36-19-18-31(25-48)49-47(36)53-45(35)44(34)52-43(33)37;1-14(2,3)12-9-10-15-13(16-12)11-7-5-4-6-8-11;/h5-15,17-24,26-27H,1-4H3;4-7,9-10H,1-3H3;/q2*-1;. The van der Waals surface area contributed by atoms with Crippen LogP contribution in [0.4, 0.5) is 0 Å². The number of rotatable bonds is 6. The van der Waals surface area contributed by atoms with E-state index in [1.54, 1.807) is 6.07 Å². The van der Waals surface area contributed by atoms with Crippen LogP contribution in [0.3, 0.4) is 0 Å². The van der Waals surface area contributed by atoms with Gasteiger partial charge in [-0.25, -0.2) is 4.98 Å². The molecule has 0 saturated heterocycles. The van der Waals surface area contributed by atoms with Crippen LogP contribution in [0.2, 0.25) is 0 Å². The summed E-state index contributed by atoms with van der Waals surface area (Å²) in [6, 6.07) is 58.4. The number of fused-ring (bicyclic) bond motifs is 10. The van der Waals surface area contributed by atoms with Crippen LogP contribution in [-0.2, 0) is 25.5 Å². The number of aromatic nitrogens is 5. The van der Waals surface area contributed by atoms with E-state index in [0.29, 0.717) is 28.2 Å². The van der Waals surface area contributed by atoms with Crippen LogP contribution in [0.5, 0.6) is 0 Å². The monoisotopic (exact) mass is 1090 g/mol. The van der Waals surface area contributed by atoms with Crippen LogP contribution in [-0.4, -0.2) is 24.5 Å². The number of pyridine rings is 1. The average molecular weight is 1090 g/mol. The van der Waals surface area contributed by atoms with Crippen LogP contribution in [0.15, 0.2) is 161 Å². The summed E-state index contributed by atoms with van der Waals surface area (Å²) < 4.78 is 15.6. The van der Waals surface area contributed by atoms with Gasteiger partial charge in [-0.15, -0.1) is 54.1 Å². The van der Waals surface area contributed by atoms with Crippen molar-refractivity contribution in [3.05, 3.63) is 186 Å². The molecule has 8 nitrogen and oxygen atoms in total. The van der Waals surface area contributed by atoms with Gasteiger partial charge in [-0.05, 0) is 81.9 Å². The normalized spacial score (nSPS) is 11.8. The Balaban J connectivity index is 0.000000285. The summed E-state index contributed by atoms with van der Waals surface area (Å²) in [5, 5.41) is 15.3. The van der Waals surface area contributed by atoms with Crippen molar-refractivity contribution < 1.29 is 28.9 Å². The third kappa shape index (κ3) is 8.03. The first-order valence-corrected chi connectivity index (χ1v) is 23.4. The number of furan rings is 2. The van der Waals surface area contributed by atoms with Crippen LogP contribution in [0, 0.1) is 23.5 Å². The van der Waals surface area contributed by atoms with Crippen molar-refractivity contribution in [1.29, 1.82) is 5.26 Å². The quantitative estimate of drug-likeness (QED) is 0.153. The summed E-state index contributed by atoms with van der Waals surface area (Å²) in [4.78, 5) is 18.7. The zero-order valence-corrected chi connectivity index (χ0v) is 42.3. The maximum Gasteiger partial charge on any atom is 0.228 e. The second kappa shape index (κ2) is 18.3. The molecule has 70 heavy (non-hydrogen) atoms. The van der Waals surface area contributed by atoms with Crippen LogP contribution >= 0.6 is 0 Å². The van der Waals surface area contributed by atoms with E-state index in [2.05, 4.69) is 171 Å². The van der Waals surface area contributed by atoms with Crippen molar-refractivity contribution >= 4 is 65.8 Å². The number of nitrogens with zero attached hydrogens (tertiary/aromatic N) is 6. The van der Waals surface area contributed by atoms with Crippen LogP contribution < -0.4 is 0 Å². The molecule has 0 fully saturated rings. The van der Waals surface area contributed by atoms with Gasteiger partial charge in [-0.1, -0.05) is 126 Å². The molecule has 0 spiro atoms. The average Bonchev–Trinajstić information content (AvgIpc) is 4.08. The summed E-state index contributed by atoms with van der Waals surface area (Å²) in [5.74, 6) is 1.94. The number of hydrogen-bond donors (Lipinski definition) is 0. The molecule has 0 aliphatic rings. The van der Waals surface area contributed by atoms with Crippen LogP contribution in [0.25, 0.3) is 105 Å². The Morgan fingerprint density at radius 3 is 2.01 bits per heavy atom. The van der Waals surface area contributed by atoms with Gasteiger partial charge in [-0.3, -0.25) is 15.0 Å². The van der Waals surface area contributed by atoms with E-state index < -0.39 is 0 Å². The zero-order valence-electron chi connectivity index (χ0n) is 39.9. The number of nitriles is 1. The molecule has 7 aromatic carbocycles. The topological polar surface area (TPSA) is 107 Å². The summed E-state index contributed by atoms with van der Waals surface area (Å²) >= 11 is 0. The van der Waals surface area contributed by atoms with Gasteiger partial charge in [-0.2, -0.15) is 5.26 Å². The SMILES string of the molecule is CC(C)(C)c1ccnc(-c2[c-]cccc2)n1.CC(C)c1cc(-c2ccccc2)cc(C(C)C)c1-n1c(-c2[c-]ccc3c2oc2c3ccc3c4ccc(C#N)nc4oc32)nc2ccc3ccccc3c21.[Ir]. The molecule has 0 aliphatic heterocycles. The Bertz CT molecular complexity index is 3940. The van der Waals surface area contributed by atoms with Gasteiger partial charge in [0.05, 0.1) is 28.3 Å². The predicted octanol–water partition coefficient (Wildman–Crippen LogP) is 15.9. The molecule has 0 bridgehead atoms. The van der Waals surface area contributed by atoms with Gasteiger partial charge < -0.3 is 13.4 Å². The Morgan fingerprint density at radius 1 is 0.614 bits per heavy atom. The van der Waals surface area contributed by atoms with Crippen molar-refractivity contribution in [3.8, 4) is 45.7 Å². The first-order valence-electron chi connectivity index (χ1n) is 23.4. The van der Waals surface area contributed by atoms with E-state index in [1.807, 2.05) is 60.8 Å². The van der Waals surface area contributed by atoms with E-state index in [1.165, 1.54) is 22.3 Å².